The third-order valence-corrected chi connectivity index (χ3v) is 9.15. The van der Waals surface area contributed by atoms with Gasteiger partial charge in [0.05, 0.1) is 17.6 Å². The van der Waals surface area contributed by atoms with Crippen molar-refractivity contribution in [3.05, 3.63) is 66.2 Å². The summed E-state index contributed by atoms with van der Waals surface area (Å²) >= 11 is 6.63. The maximum Gasteiger partial charge on any atom is 0.319 e. The molecule has 4 aromatic rings. The van der Waals surface area contributed by atoms with Gasteiger partial charge in [-0.2, -0.15) is 9.97 Å². The molecule has 0 bridgehead atoms. The SMILES string of the molecule is C=C(F)C(=O)N1CC[C@@H]2[C@H]1CN2c1nc(OC[C@@H]2CCCN2C)nc2cc(-c3cncc4cccc(Cl)c34)ccc12. The number of carbonyl (C=O) groups is 1. The Balaban J connectivity index is 1.28. The van der Waals surface area contributed by atoms with Crippen LogP contribution in [0.25, 0.3) is 32.8 Å². The van der Waals surface area contributed by atoms with Gasteiger partial charge in [-0.3, -0.25) is 9.78 Å². The highest BCUT2D eigenvalue weighted by molar-refractivity contribution is 6.36. The topological polar surface area (TPSA) is 74.7 Å². The van der Waals surface area contributed by atoms with Crippen LogP contribution in [0.5, 0.6) is 6.01 Å². The molecule has 210 valence electrons. The number of hydrogen-bond donors (Lipinski definition) is 0. The number of anilines is 1. The highest BCUT2D eigenvalue weighted by Gasteiger charge is 2.50. The smallest absolute Gasteiger partial charge is 0.319 e. The fourth-order valence-corrected chi connectivity index (χ4v) is 6.87. The summed E-state index contributed by atoms with van der Waals surface area (Å²) in [6, 6.07) is 12.5. The third kappa shape index (κ3) is 4.48. The first-order chi connectivity index (χ1) is 19.9. The highest BCUT2D eigenvalue weighted by atomic mass is 35.5. The molecule has 3 atom stereocenters. The van der Waals surface area contributed by atoms with Crippen molar-refractivity contribution in [2.24, 2.45) is 0 Å². The zero-order valence-electron chi connectivity index (χ0n) is 22.8. The average molecular weight is 573 g/mol. The number of amides is 1. The number of likely N-dealkylation sites (N-methyl/N-ethyl adjacent to an activating group) is 1. The van der Waals surface area contributed by atoms with Crippen LogP contribution >= 0.6 is 11.6 Å². The average Bonchev–Trinajstić information content (AvgIpc) is 3.52. The summed E-state index contributed by atoms with van der Waals surface area (Å²) in [6.45, 7) is 5.82. The summed E-state index contributed by atoms with van der Waals surface area (Å²) in [4.78, 5) is 32.6. The predicted octanol–water partition coefficient (Wildman–Crippen LogP) is 5.24. The number of likely N-dealkylation sites (tertiary alicyclic amines) is 2. The van der Waals surface area contributed by atoms with Crippen LogP contribution in [-0.4, -0.2) is 82.1 Å². The lowest BCUT2D eigenvalue weighted by molar-refractivity contribution is -0.130. The summed E-state index contributed by atoms with van der Waals surface area (Å²) in [5, 5.41) is 3.45. The lowest BCUT2D eigenvalue weighted by Crippen LogP contribution is -2.63. The molecule has 0 aliphatic carbocycles. The van der Waals surface area contributed by atoms with Gasteiger partial charge in [-0.25, -0.2) is 4.39 Å². The van der Waals surface area contributed by atoms with Crippen molar-refractivity contribution >= 4 is 45.0 Å². The lowest BCUT2D eigenvalue weighted by atomic mass is 9.95. The molecule has 3 fully saturated rings. The molecule has 0 radical (unpaired) electrons. The number of pyridine rings is 1. The number of fused-ring (bicyclic) bond motifs is 3. The minimum absolute atomic E-state index is 0.0472. The second kappa shape index (κ2) is 10.2. The zero-order chi connectivity index (χ0) is 28.2. The summed E-state index contributed by atoms with van der Waals surface area (Å²) in [6.07, 6.45) is 6.60. The van der Waals surface area contributed by atoms with Crippen LogP contribution in [0.15, 0.2) is 61.2 Å². The molecule has 5 heterocycles. The number of nitrogens with zero attached hydrogens (tertiary/aromatic N) is 6. The molecular formula is C31H30ClFN6O2. The predicted molar refractivity (Wildman–Crippen MR) is 158 cm³/mol. The zero-order valence-corrected chi connectivity index (χ0v) is 23.5. The van der Waals surface area contributed by atoms with Crippen molar-refractivity contribution in [3.63, 3.8) is 0 Å². The van der Waals surface area contributed by atoms with E-state index in [1.165, 1.54) is 0 Å². The van der Waals surface area contributed by atoms with Gasteiger partial charge in [-0.1, -0.05) is 36.4 Å². The van der Waals surface area contributed by atoms with Gasteiger partial charge in [0.2, 0.25) is 0 Å². The molecule has 1 amide bonds. The molecule has 3 saturated heterocycles. The minimum Gasteiger partial charge on any atom is -0.462 e. The van der Waals surface area contributed by atoms with E-state index in [0.29, 0.717) is 36.8 Å². The van der Waals surface area contributed by atoms with Crippen molar-refractivity contribution in [1.82, 2.24) is 24.8 Å². The summed E-state index contributed by atoms with van der Waals surface area (Å²) in [5.41, 5.74) is 2.61. The number of rotatable bonds is 6. The minimum atomic E-state index is -0.917. The Labute approximate surface area is 242 Å². The maximum atomic E-state index is 13.6. The van der Waals surface area contributed by atoms with Crippen LogP contribution < -0.4 is 9.64 Å². The van der Waals surface area contributed by atoms with Crippen LogP contribution in [0.1, 0.15) is 19.3 Å². The largest absolute Gasteiger partial charge is 0.462 e. The number of benzene rings is 2. The molecule has 2 aromatic carbocycles. The van der Waals surface area contributed by atoms with Gasteiger partial charge in [-0.05, 0) is 56.6 Å². The number of carbonyl (C=O) groups excluding carboxylic acids is 1. The molecular weight excluding hydrogens is 543 g/mol. The quantitative estimate of drug-likeness (QED) is 0.292. The van der Waals surface area contributed by atoms with Gasteiger partial charge in [0.1, 0.15) is 12.4 Å². The Morgan fingerprint density at radius 1 is 1.15 bits per heavy atom. The fourth-order valence-electron chi connectivity index (χ4n) is 6.58. The molecule has 41 heavy (non-hydrogen) atoms. The van der Waals surface area contributed by atoms with Crippen LogP contribution in [0.3, 0.4) is 0 Å². The van der Waals surface area contributed by atoms with Crippen molar-refractivity contribution in [2.45, 2.75) is 37.4 Å². The van der Waals surface area contributed by atoms with E-state index in [2.05, 4.69) is 28.4 Å². The molecule has 0 saturated carbocycles. The molecule has 0 N–H and O–H groups in total. The Bertz CT molecular complexity index is 1690. The second-order valence-corrected chi connectivity index (χ2v) is 11.6. The summed E-state index contributed by atoms with van der Waals surface area (Å²) in [5.74, 6) is -0.777. The van der Waals surface area contributed by atoms with Crippen molar-refractivity contribution in [1.29, 1.82) is 0 Å². The van der Waals surface area contributed by atoms with E-state index in [4.69, 9.17) is 26.3 Å². The Morgan fingerprint density at radius 2 is 2.02 bits per heavy atom. The first-order valence-electron chi connectivity index (χ1n) is 14.0. The number of ether oxygens (including phenoxy) is 1. The number of halogens is 2. The van der Waals surface area contributed by atoms with Gasteiger partial charge in [0.25, 0.3) is 5.91 Å². The molecule has 7 rings (SSSR count). The Kier molecular flexibility index (Phi) is 6.51. The highest BCUT2D eigenvalue weighted by Crippen LogP contribution is 2.41. The van der Waals surface area contributed by atoms with Crippen LogP contribution in [0, 0.1) is 0 Å². The van der Waals surface area contributed by atoms with E-state index in [1.807, 2.05) is 48.8 Å². The third-order valence-electron chi connectivity index (χ3n) is 8.84. The van der Waals surface area contributed by atoms with Crippen LogP contribution in [0.4, 0.5) is 10.2 Å². The van der Waals surface area contributed by atoms with Crippen molar-refractivity contribution in [2.75, 3.05) is 38.2 Å². The second-order valence-electron chi connectivity index (χ2n) is 11.2. The van der Waals surface area contributed by atoms with Crippen LogP contribution in [-0.2, 0) is 4.79 Å². The monoisotopic (exact) mass is 572 g/mol. The lowest BCUT2D eigenvalue weighted by Gasteiger charge is -2.47. The Hall–Kier alpha value is -3.82. The van der Waals surface area contributed by atoms with E-state index in [-0.39, 0.29) is 12.1 Å². The van der Waals surface area contributed by atoms with E-state index in [1.54, 1.807) is 4.90 Å². The molecule has 3 aliphatic rings. The van der Waals surface area contributed by atoms with Crippen molar-refractivity contribution < 1.29 is 13.9 Å². The van der Waals surface area contributed by atoms with Gasteiger partial charge in [0.15, 0.2) is 5.83 Å². The number of hydrogen-bond acceptors (Lipinski definition) is 7. The van der Waals surface area contributed by atoms with Gasteiger partial charge in [0, 0.05) is 58.3 Å². The normalized spacial score (nSPS) is 22.3. The molecule has 0 unspecified atom stereocenters. The van der Waals surface area contributed by atoms with Gasteiger partial charge >= 0.3 is 6.01 Å². The first-order valence-corrected chi connectivity index (χ1v) is 14.4. The summed E-state index contributed by atoms with van der Waals surface area (Å²) in [7, 11) is 2.11. The molecule has 3 aliphatic heterocycles. The molecule has 10 heteroatoms. The maximum absolute atomic E-state index is 13.6. The summed E-state index contributed by atoms with van der Waals surface area (Å²) < 4.78 is 19.9. The van der Waals surface area contributed by atoms with Gasteiger partial charge < -0.3 is 19.4 Å². The molecule has 0 spiro atoms. The van der Waals surface area contributed by atoms with Gasteiger partial charge in [-0.15, -0.1) is 0 Å². The van der Waals surface area contributed by atoms with E-state index >= 15 is 0 Å². The van der Waals surface area contributed by atoms with Crippen LogP contribution in [0.2, 0.25) is 5.02 Å². The molecule has 2 aromatic heterocycles. The number of aromatic nitrogens is 3. The Morgan fingerprint density at radius 3 is 2.83 bits per heavy atom. The van der Waals surface area contributed by atoms with E-state index in [0.717, 1.165) is 64.4 Å². The van der Waals surface area contributed by atoms with E-state index in [9.17, 15) is 9.18 Å². The standard InChI is InChI=1S/C31H30ClFN6O2/c1-18(33)30(40)38-12-10-26-27(38)16-39(26)29-22-9-8-19(23-15-34-14-20-5-3-7-24(32)28(20)23)13-25(22)35-31(36-29)41-17-21-6-4-11-37(21)2/h3,5,7-9,13-15,21,26-27H,1,4,6,10-12,16-17H2,2H3/t21-,26+,27+/m0/s1. The molecule has 8 nitrogen and oxygen atoms in total. The first kappa shape index (κ1) is 26.1. The fraction of sp³-hybridized carbons (Fsp3) is 0.355. The van der Waals surface area contributed by atoms with E-state index < -0.39 is 11.7 Å². The van der Waals surface area contributed by atoms with Crippen molar-refractivity contribution in [3.8, 4) is 17.1 Å².